The third-order valence-electron chi connectivity index (χ3n) is 6.68. The van der Waals surface area contributed by atoms with Crippen LogP contribution in [0.4, 0.5) is 5.13 Å². The summed E-state index contributed by atoms with van der Waals surface area (Å²) in [5.74, 6) is -5.51. The van der Waals surface area contributed by atoms with Gasteiger partial charge >= 0.3 is 5.97 Å². The summed E-state index contributed by atoms with van der Waals surface area (Å²) in [6, 6.07) is 6.28. The average molecular weight is 653 g/mol. The lowest BCUT2D eigenvalue weighted by Gasteiger charge is -2.50. The van der Waals surface area contributed by atoms with Crippen LogP contribution in [0.5, 0.6) is 11.5 Å². The molecule has 1 unspecified atom stereocenters. The zero-order chi connectivity index (χ0) is 32.2. The number of nitrogens with zero attached hydrogens (tertiary/aromatic N) is 4. The van der Waals surface area contributed by atoms with Crippen molar-refractivity contribution in [2.24, 2.45) is 5.16 Å². The fraction of sp³-hybridized carbons (Fsp3) is 0.179. The van der Waals surface area contributed by atoms with Crippen molar-refractivity contribution in [1.29, 1.82) is 0 Å². The van der Waals surface area contributed by atoms with Gasteiger partial charge in [0.2, 0.25) is 0 Å². The molecule has 0 spiro atoms. The fourth-order valence-corrected chi connectivity index (χ4v) is 6.41. The molecule has 2 aliphatic heterocycles. The Bertz CT molecular complexity index is 1770. The number of carbonyl (C=O) groups is 4. The minimum Gasteiger partial charge on any atom is -0.543 e. The van der Waals surface area contributed by atoms with Crippen LogP contribution in [0.1, 0.15) is 21.6 Å². The Morgan fingerprint density at radius 3 is 2.62 bits per heavy atom. The van der Waals surface area contributed by atoms with Gasteiger partial charge in [0.25, 0.3) is 11.8 Å². The molecule has 2 aliphatic rings. The molecule has 1 fully saturated rings. The second-order valence-electron chi connectivity index (χ2n) is 9.58. The van der Waals surface area contributed by atoms with Crippen molar-refractivity contribution in [2.75, 3.05) is 11.5 Å². The van der Waals surface area contributed by atoms with E-state index in [0.717, 1.165) is 28.4 Å². The Labute approximate surface area is 262 Å². The molecule has 0 saturated carbocycles. The molecule has 0 radical (unpaired) electrons. The Balaban J connectivity index is 1.32. The molecule has 4 heterocycles. The van der Waals surface area contributed by atoms with Gasteiger partial charge in [0.1, 0.15) is 23.7 Å². The largest absolute Gasteiger partial charge is 0.543 e. The lowest BCUT2D eigenvalue weighted by molar-refractivity contribution is -0.687. The van der Waals surface area contributed by atoms with Gasteiger partial charge in [-0.1, -0.05) is 17.3 Å². The average Bonchev–Trinajstić information content (AvgIpc) is 3.44. The van der Waals surface area contributed by atoms with Gasteiger partial charge in [-0.25, -0.2) is 14.3 Å². The number of nitrogen functional groups attached to an aromatic ring is 1. The molecule has 15 nitrogen and oxygen atoms in total. The number of carboxylic acid groups (broad SMARTS) is 2. The molecule has 2 aromatic heterocycles. The molecule has 1 aromatic carbocycles. The number of carboxylic acids is 2. The molecular weight excluding hydrogens is 628 g/mol. The maximum atomic E-state index is 13.3. The van der Waals surface area contributed by atoms with Crippen molar-refractivity contribution in [3.05, 3.63) is 88.3 Å². The van der Waals surface area contributed by atoms with E-state index in [1.165, 1.54) is 17.1 Å². The van der Waals surface area contributed by atoms with E-state index in [1.807, 2.05) is 35.2 Å². The standard InChI is InChI=1S/C28H24N6O9S2/c29-28-30-17(13-45-28)20(32-43-11-15-9-18(35)19(36)10-16(15)26(39)40)23(37)31-21-24(38)34-22(27(41)42)14(12-44-25(21)34)5-4-8-33-6-2-1-3-7-33/h1-7,9-10,13,21,25H,8,11-12H2,(H6-,29,30,31,32,35,36,37,39,40,41,42)/b5-4+/t21?,25-/m0/s1. The van der Waals surface area contributed by atoms with E-state index in [4.69, 9.17) is 10.6 Å². The molecule has 0 aliphatic carbocycles. The molecular formula is C28H24N6O9S2. The van der Waals surface area contributed by atoms with Gasteiger partial charge < -0.3 is 41.1 Å². The van der Waals surface area contributed by atoms with Crippen LogP contribution in [-0.2, 0) is 32.4 Å². The summed E-state index contributed by atoms with van der Waals surface area (Å²) in [7, 11) is 0. The van der Waals surface area contributed by atoms with Gasteiger partial charge in [-0.2, -0.15) is 0 Å². The Hall–Kier alpha value is -5.42. The van der Waals surface area contributed by atoms with Gasteiger partial charge in [-0.3, -0.25) is 14.5 Å². The first-order valence-corrected chi connectivity index (χ1v) is 15.0. The predicted octanol–water partition coefficient (Wildman–Crippen LogP) is -0.297. The predicted molar refractivity (Wildman–Crippen MR) is 157 cm³/mol. The maximum Gasteiger partial charge on any atom is 0.336 e. The molecule has 6 N–H and O–H groups in total. The number of anilines is 1. The first kappa shape index (κ1) is 31.0. The number of pyridine rings is 1. The highest BCUT2D eigenvalue weighted by atomic mass is 32.2. The number of aromatic carboxylic acids is 1. The number of aliphatic carboxylic acids is 1. The minimum absolute atomic E-state index is 0.000896. The van der Waals surface area contributed by atoms with Gasteiger partial charge in [0, 0.05) is 28.8 Å². The summed E-state index contributed by atoms with van der Waals surface area (Å²) in [6.45, 7) is -0.0540. The number of carbonyl (C=O) groups excluding carboxylic acids is 3. The van der Waals surface area contributed by atoms with Crippen molar-refractivity contribution in [1.82, 2.24) is 15.2 Å². The number of nitrogens with one attached hydrogen (secondary N) is 1. The summed E-state index contributed by atoms with van der Waals surface area (Å²) >= 11 is 2.26. The first-order chi connectivity index (χ1) is 21.5. The fourth-order valence-electron chi connectivity index (χ4n) is 4.55. The topological polar surface area (TPSA) is 232 Å². The molecule has 2 amide bonds. The monoisotopic (exact) mass is 652 g/mol. The Morgan fingerprint density at radius 1 is 1.22 bits per heavy atom. The number of aromatic hydroxyl groups is 2. The second kappa shape index (κ2) is 13.1. The molecule has 45 heavy (non-hydrogen) atoms. The molecule has 17 heteroatoms. The normalized spacial score (nSPS) is 18.0. The number of β-lactam (4-membered cyclic amide) rings is 1. The van der Waals surface area contributed by atoms with Gasteiger partial charge in [-0.15, -0.1) is 23.1 Å². The quantitative estimate of drug-likeness (QED) is 0.0591. The SMILES string of the molecule is Nc1nc(/C(=N/OCc2cc(O)c(O)cc2C(=O)O)C(=O)NC2C(=O)N3C(C(=O)[O-])=C(/C=C/C[n+]4ccccc4)CS[C@@H]23)cs1. The zero-order valence-corrected chi connectivity index (χ0v) is 24.7. The van der Waals surface area contributed by atoms with Crippen LogP contribution in [0.2, 0.25) is 0 Å². The van der Waals surface area contributed by atoms with Crippen LogP contribution >= 0.6 is 23.1 Å². The minimum atomic E-state index is -1.53. The van der Waals surface area contributed by atoms with Crippen LogP contribution in [0, 0.1) is 0 Å². The van der Waals surface area contributed by atoms with Crippen LogP contribution < -0.4 is 20.7 Å². The number of thioether (sulfide) groups is 1. The number of oxime groups is 1. The van der Waals surface area contributed by atoms with E-state index in [0.29, 0.717) is 12.1 Å². The van der Waals surface area contributed by atoms with Crippen molar-refractivity contribution in [3.8, 4) is 11.5 Å². The van der Waals surface area contributed by atoms with Crippen LogP contribution in [0.15, 0.2) is 76.7 Å². The smallest absolute Gasteiger partial charge is 0.336 e. The number of rotatable bonds is 11. The van der Waals surface area contributed by atoms with E-state index < -0.39 is 59.0 Å². The number of amides is 2. The number of allylic oxidation sites excluding steroid dienone is 2. The number of phenols is 2. The van der Waals surface area contributed by atoms with Gasteiger partial charge in [-0.05, 0) is 23.8 Å². The van der Waals surface area contributed by atoms with Crippen LogP contribution in [0.3, 0.4) is 0 Å². The van der Waals surface area contributed by atoms with Crippen molar-refractivity contribution >= 4 is 57.7 Å². The number of aromatic nitrogens is 2. The van der Waals surface area contributed by atoms with Crippen LogP contribution in [-0.4, -0.2) is 71.8 Å². The van der Waals surface area contributed by atoms with E-state index >= 15 is 0 Å². The lowest BCUT2D eigenvalue weighted by atomic mass is 10.0. The van der Waals surface area contributed by atoms with Crippen molar-refractivity contribution in [2.45, 2.75) is 24.6 Å². The van der Waals surface area contributed by atoms with Gasteiger partial charge in [0.05, 0.1) is 17.2 Å². The molecule has 2 atom stereocenters. The summed E-state index contributed by atoms with van der Waals surface area (Å²) < 4.78 is 1.88. The second-order valence-corrected chi connectivity index (χ2v) is 11.6. The summed E-state index contributed by atoms with van der Waals surface area (Å²) in [5.41, 5.74) is 5.00. The van der Waals surface area contributed by atoms with Crippen molar-refractivity contribution in [3.63, 3.8) is 0 Å². The number of hydrogen-bond donors (Lipinski definition) is 5. The van der Waals surface area contributed by atoms with Crippen molar-refractivity contribution < 1.29 is 49.0 Å². The van der Waals surface area contributed by atoms with E-state index in [1.54, 1.807) is 12.2 Å². The highest BCUT2D eigenvalue weighted by molar-refractivity contribution is 8.00. The number of fused-ring (bicyclic) bond motifs is 1. The molecule has 232 valence electrons. The summed E-state index contributed by atoms with van der Waals surface area (Å²) in [5, 5.41) is 48.1. The summed E-state index contributed by atoms with van der Waals surface area (Å²) in [6.07, 6.45) is 7.10. The maximum absolute atomic E-state index is 13.3. The number of nitrogens with two attached hydrogens (primary N) is 1. The molecule has 0 bridgehead atoms. The molecule has 5 rings (SSSR count). The van der Waals surface area contributed by atoms with E-state index in [-0.39, 0.29) is 33.4 Å². The number of hydrogen-bond acceptors (Lipinski definition) is 13. The Morgan fingerprint density at radius 2 is 1.96 bits per heavy atom. The first-order valence-electron chi connectivity index (χ1n) is 13.0. The molecule has 1 saturated heterocycles. The highest BCUT2D eigenvalue weighted by Crippen LogP contribution is 2.40. The number of thiazole rings is 1. The summed E-state index contributed by atoms with van der Waals surface area (Å²) in [4.78, 5) is 60.5. The van der Waals surface area contributed by atoms with Crippen LogP contribution in [0.25, 0.3) is 0 Å². The van der Waals surface area contributed by atoms with Gasteiger partial charge in [0.15, 0.2) is 41.3 Å². The lowest BCUT2D eigenvalue weighted by Crippen LogP contribution is -2.71. The third-order valence-corrected chi connectivity index (χ3v) is 8.65. The van der Waals surface area contributed by atoms with E-state index in [9.17, 15) is 39.6 Å². The zero-order valence-electron chi connectivity index (χ0n) is 23.0. The molecule has 3 aromatic rings. The number of benzene rings is 1. The highest BCUT2D eigenvalue weighted by Gasteiger charge is 2.53. The third kappa shape index (κ3) is 6.58. The number of phenolic OH excluding ortho intramolecular Hbond substituents is 2. The van der Waals surface area contributed by atoms with E-state index in [2.05, 4.69) is 15.5 Å². The Kier molecular flexibility index (Phi) is 9.01.